The first-order valence-corrected chi connectivity index (χ1v) is 4.91. The third-order valence-corrected chi connectivity index (χ3v) is 2.01. The zero-order chi connectivity index (χ0) is 13.7. The van der Waals surface area contributed by atoms with E-state index in [0.717, 1.165) is 6.20 Å². The van der Waals surface area contributed by atoms with E-state index in [1.807, 2.05) is 0 Å². The van der Waals surface area contributed by atoms with Crippen LogP contribution in [0.4, 0.5) is 5.82 Å². The summed E-state index contributed by atoms with van der Waals surface area (Å²) in [6.45, 7) is -0.468. The SMILES string of the molecule is NC(=O)CN(CC(N)=O)c1ccc(C(=O)O)cn1. The van der Waals surface area contributed by atoms with Crippen molar-refractivity contribution >= 4 is 23.6 Å². The van der Waals surface area contributed by atoms with Crippen molar-refractivity contribution in [1.82, 2.24) is 4.98 Å². The molecule has 96 valence electrons. The van der Waals surface area contributed by atoms with Crippen molar-refractivity contribution in [3.05, 3.63) is 23.9 Å². The molecule has 0 aliphatic rings. The predicted molar refractivity (Wildman–Crippen MR) is 61.8 cm³/mol. The summed E-state index contributed by atoms with van der Waals surface area (Å²) in [4.78, 5) is 37.4. The van der Waals surface area contributed by atoms with E-state index in [2.05, 4.69) is 4.98 Å². The van der Waals surface area contributed by atoms with Crippen LogP contribution in [-0.4, -0.2) is 41.0 Å². The number of carbonyl (C=O) groups excluding carboxylic acids is 2. The topological polar surface area (TPSA) is 140 Å². The lowest BCUT2D eigenvalue weighted by molar-refractivity contribution is -0.117. The van der Waals surface area contributed by atoms with Crippen LogP contribution in [0.15, 0.2) is 18.3 Å². The lowest BCUT2D eigenvalue weighted by atomic mass is 10.3. The molecule has 0 fully saturated rings. The van der Waals surface area contributed by atoms with E-state index in [4.69, 9.17) is 16.6 Å². The fourth-order valence-electron chi connectivity index (χ4n) is 1.29. The summed E-state index contributed by atoms with van der Waals surface area (Å²) in [7, 11) is 0. The van der Waals surface area contributed by atoms with E-state index < -0.39 is 17.8 Å². The first-order chi connectivity index (χ1) is 8.40. The maximum absolute atomic E-state index is 10.8. The number of aromatic nitrogens is 1. The first-order valence-electron chi connectivity index (χ1n) is 4.91. The summed E-state index contributed by atoms with van der Waals surface area (Å²) in [5, 5.41) is 8.70. The van der Waals surface area contributed by atoms with Gasteiger partial charge in [0.05, 0.1) is 18.7 Å². The third-order valence-electron chi connectivity index (χ3n) is 2.01. The largest absolute Gasteiger partial charge is 0.478 e. The third kappa shape index (κ3) is 3.74. The number of anilines is 1. The molecule has 8 heteroatoms. The number of amides is 2. The number of hydrogen-bond acceptors (Lipinski definition) is 5. The predicted octanol–water partition coefficient (Wildman–Crippen LogP) is -1.44. The van der Waals surface area contributed by atoms with Crippen LogP contribution in [0.5, 0.6) is 0 Å². The van der Waals surface area contributed by atoms with Crippen LogP contribution in [-0.2, 0) is 9.59 Å². The monoisotopic (exact) mass is 252 g/mol. The maximum atomic E-state index is 10.8. The molecule has 0 unspecified atom stereocenters. The lowest BCUT2D eigenvalue weighted by Crippen LogP contribution is -2.40. The van der Waals surface area contributed by atoms with Gasteiger partial charge in [-0.05, 0) is 12.1 Å². The van der Waals surface area contributed by atoms with Crippen LogP contribution >= 0.6 is 0 Å². The molecule has 5 N–H and O–H groups in total. The Labute approximate surface area is 102 Å². The summed E-state index contributed by atoms with van der Waals surface area (Å²) in [6.07, 6.45) is 1.12. The van der Waals surface area contributed by atoms with Gasteiger partial charge in [-0.2, -0.15) is 0 Å². The Kier molecular flexibility index (Phi) is 4.19. The number of carbonyl (C=O) groups is 3. The molecule has 0 bridgehead atoms. The summed E-state index contributed by atoms with van der Waals surface area (Å²) in [6, 6.07) is 2.68. The van der Waals surface area contributed by atoms with E-state index in [0.29, 0.717) is 0 Å². The van der Waals surface area contributed by atoms with Crippen molar-refractivity contribution in [2.24, 2.45) is 11.5 Å². The number of hydrogen-bond donors (Lipinski definition) is 3. The molecule has 0 aliphatic carbocycles. The van der Waals surface area contributed by atoms with E-state index >= 15 is 0 Å². The molecule has 2 amide bonds. The minimum atomic E-state index is -1.12. The molecule has 1 aromatic heterocycles. The maximum Gasteiger partial charge on any atom is 0.337 e. The quantitative estimate of drug-likeness (QED) is 0.566. The van der Waals surface area contributed by atoms with E-state index in [-0.39, 0.29) is 24.5 Å². The van der Waals surface area contributed by atoms with Crippen LogP contribution < -0.4 is 16.4 Å². The smallest absolute Gasteiger partial charge is 0.337 e. The second kappa shape index (κ2) is 5.62. The van der Waals surface area contributed by atoms with Crippen molar-refractivity contribution in [2.45, 2.75) is 0 Å². The standard InChI is InChI=1S/C10H12N4O4/c11-7(15)4-14(5-8(12)16)9-2-1-6(3-13-9)10(17)18/h1-3H,4-5H2,(H2,11,15)(H2,12,16)(H,17,18). The van der Waals surface area contributed by atoms with Gasteiger partial charge in [0.1, 0.15) is 5.82 Å². The van der Waals surface area contributed by atoms with Gasteiger partial charge >= 0.3 is 5.97 Å². The van der Waals surface area contributed by atoms with Crippen molar-refractivity contribution in [2.75, 3.05) is 18.0 Å². The van der Waals surface area contributed by atoms with Crippen LogP contribution in [0.1, 0.15) is 10.4 Å². The van der Waals surface area contributed by atoms with Gasteiger partial charge < -0.3 is 21.5 Å². The number of rotatable bonds is 6. The Bertz CT molecular complexity index is 455. The minimum Gasteiger partial charge on any atom is -0.478 e. The van der Waals surface area contributed by atoms with E-state index in [9.17, 15) is 14.4 Å². The summed E-state index contributed by atoms with van der Waals surface area (Å²) in [5.74, 6) is -2.18. The zero-order valence-electron chi connectivity index (χ0n) is 9.37. The molecular formula is C10H12N4O4. The van der Waals surface area contributed by atoms with Crippen LogP contribution in [0.2, 0.25) is 0 Å². The zero-order valence-corrected chi connectivity index (χ0v) is 9.37. The van der Waals surface area contributed by atoms with Gasteiger partial charge in [0.2, 0.25) is 11.8 Å². The number of nitrogens with zero attached hydrogens (tertiary/aromatic N) is 2. The van der Waals surface area contributed by atoms with E-state index in [1.165, 1.54) is 17.0 Å². The van der Waals surface area contributed by atoms with Crippen molar-refractivity contribution in [3.63, 3.8) is 0 Å². The van der Waals surface area contributed by atoms with Crippen molar-refractivity contribution < 1.29 is 19.5 Å². The molecule has 0 aromatic carbocycles. The fourth-order valence-corrected chi connectivity index (χ4v) is 1.29. The molecule has 1 heterocycles. The van der Waals surface area contributed by atoms with Gasteiger partial charge in [-0.15, -0.1) is 0 Å². The van der Waals surface area contributed by atoms with E-state index in [1.54, 1.807) is 0 Å². The van der Waals surface area contributed by atoms with Gasteiger partial charge in [-0.1, -0.05) is 0 Å². The molecule has 1 aromatic rings. The Hall–Kier alpha value is -2.64. The molecule has 18 heavy (non-hydrogen) atoms. The Balaban J connectivity index is 2.93. The highest BCUT2D eigenvalue weighted by Crippen LogP contribution is 2.10. The van der Waals surface area contributed by atoms with Gasteiger partial charge in [-0.25, -0.2) is 9.78 Å². The molecule has 0 atom stereocenters. The first kappa shape index (κ1) is 13.4. The number of nitrogens with two attached hydrogens (primary N) is 2. The fraction of sp³-hybridized carbons (Fsp3) is 0.200. The molecule has 0 radical (unpaired) electrons. The highest BCUT2D eigenvalue weighted by molar-refractivity contribution is 5.88. The second-order valence-electron chi connectivity index (χ2n) is 3.50. The number of carboxylic acids is 1. The number of aromatic carboxylic acids is 1. The summed E-state index contributed by atoms with van der Waals surface area (Å²) in [5.41, 5.74) is 10.1. The molecular weight excluding hydrogens is 240 g/mol. The van der Waals surface area contributed by atoms with Crippen LogP contribution in [0, 0.1) is 0 Å². The average molecular weight is 252 g/mol. The Morgan fingerprint density at radius 2 is 1.72 bits per heavy atom. The average Bonchev–Trinajstić information content (AvgIpc) is 2.27. The van der Waals surface area contributed by atoms with Crippen LogP contribution in [0.3, 0.4) is 0 Å². The van der Waals surface area contributed by atoms with Gasteiger partial charge in [-0.3, -0.25) is 9.59 Å². The Morgan fingerprint density at radius 3 is 2.06 bits per heavy atom. The second-order valence-corrected chi connectivity index (χ2v) is 3.50. The van der Waals surface area contributed by atoms with Gasteiger partial charge in [0, 0.05) is 6.20 Å². The molecule has 1 rings (SSSR count). The number of carboxylic acid groups (broad SMARTS) is 1. The van der Waals surface area contributed by atoms with Crippen LogP contribution in [0.25, 0.3) is 0 Å². The van der Waals surface area contributed by atoms with Crippen molar-refractivity contribution in [3.8, 4) is 0 Å². The molecule has 0 saturated carbocycles. The number of primary amides is 2. The number of pyridine rings is 1. The highest BCUT2D eigenvalue weighted by Gasteiger charge is 2.14. The molecule has 0 aliphatic heterocycles. The van der Waals surface area contributed by atoms with Gasteiger partial charge in [0.25, 0.3) is 0 Å². The normalized spacial score (nSPS) is 9.78. The van der Waals surface area contributed by atoms with Crippen molar-refractivity contribution in [1.29, 1.82) is 0 Å². The Morgan fingerprint density at radius 1 is 1.17 bits per heavy atom. The molecule has 0 saturated heterocycles. The molecule has 8 nitrogen and oxygen atoms in total. The highest BCUT2D eigenvalue weighted by atomic mass is 16.4. The molecule has 0 spiro atoms. The summed E-state index contributed by atoms with van der Waals surface area (Å²) < 4.78 is 0. The summed E-state index contributed by atoms with van der Waals surface area (Å²) >= 11 is 0. The lowest BCUT2D eigenvalue weighted by Gasteiger charge is -2.20. The van der Waals surface area contributed by atoms with Gasteiger partial charge in [0.15, 0.2) is 0 Å². The minimum absolute atomic E-state index is 0.00292.